The van der Waals surface area contributed by atoms with Crippen LogP contribution in [0.15, 0.2) is 12.5 Å². The summed E-state index contributed by atoms with van der Waals surface area (Å²) in [5.74, 6) is 1.82. The van der Waals surface area contributed by atoms with Crippen LogP contribution in [-0.4, -0.2) is 26.6 Å². The molecular formula is C7H10N2OS. The van der Waals surface area contributed by atoms with E-state index in [1.54, 1.807) is 24.3 Å². The van der Waals surface area contributed by atoms with E-state index in [2.05, 4.69) is 9.97 Å². The molecular weight excluding hydrogens is 160 g/mol. The Hall–Kier alpha value is -0.480. The van der Waals surface area contributed by atoms with Crippen molar-refractivity contribution in [2.24, 2.45) is 0 Å². The van der Waals surface area contributed by atoms with Crippen LogP contribution in [0.5, 0.6) is 0 Å². The Morgan fingerprint density at radius 3 is 3.18 bits per heavy atom. The molecule has 1 aliphatic heterocycles. The molecule has 2 heterocycles. The largest absolute Gasteiger partial charge is 0.383 e. The predicted molar refractivity (Wildman–Crippen MR) is 44.4 cm³/mol. The number of hydrogen-bond acceptors (Lipinski definition) is 3. The number of aromatic amines is 1. The molecule has 0 aromatic carbocycles. The summed E-state index contributed by atoms with van der Waals surface area (Å²) in [6.07, 6.45) is 4.14. The van der Waals surface area contributed by atoms with E-state index >= 15 is 0 Å². The van der Waals surface area contributed by atoms with Gasteiger partial charge in [-0.25, -0.2) is 4.98 Å². The molecule has 60 valence electrons. The van der Waals surface area contributed by atoms with Crippen LogP contribution in [0.25, 0.3) is 0 Å². The van der Waals surface area contributed by atoms with Gasteiger partial charge in [0.05, 0.1) is 18.2 Å². The second-order valence-corrected chi connectivity index (χ2v) is 3.90. The SMILES string of the molecule is OC1(c2cnc[nH]2)CCSC1. The third-order valence-electron chi connectivity index (χ3n) is 2.00. The molecule has 2 rings (SSSR count). The van der Waals surface area contributed by atoms with Gasteiger partial charge in [0.15, 0.2) is 0 Å². The fourth-order valence-electron chi connectivity index (χ4n) is 1.28. The van der Waals surface area contributed by atoms with Gasteiger partial charge in [-0.05, 0) is 12.2 Å². The molecule has 1 aromatic rings. The molecule has 11 heavy (non-hydrogen) atoms. The van der Waals surface area contributed by atoms with E-state index in [9.17, 15) is 5.11 Å². The zero-order valence-corrected chi connectivity index (χ0v) is 6.90. The van der Waals surface area contributed by atoms with E-state index in [0.717, 1.165) is 23.6 Å². The minimum atomic E-state index is -0.638. The number of nitrogens with zero attached hydrogens (tertiary/aromatic N) is 1. The number of aromatic nitrogens is 2. The number of imidazole rings is 1. The van der Waals surface area contributed by atoms with Gasteiger partial charge in [-0.2, -0.15) is 11.8 Å². The average Bonchev–Trinajstić information content (AvgIpc) is 2.55. The Morgan fingerprint density at radius 1 is 1.73 bits per heavy atom. The standard InChI is InChI=1S/C7H10N2OS/c10-7(1-2-11-4-7)6-3-8-5-9-6/h3,5,10H,1-2,4H2,(H,8,9). The van der Waals surface area contributed by atoms with E-state index in [0.29, 0.717) is 0 Å². The Labute approximate surface area is 69.2 Å². The van der Waals surface area contributed by atoms with Gasteiger partial charge in [0.25, 0.3) is 0 Å². The van der Waals surface area contributed by atoms with Crippen LogP contribution in [-0.2, 0) is 5.60 Å². The van der Waals surface area contributed by atoms with Crippen molar-refractivity contribution in [1.82, 2.24) is 9.97 Å². The Morgan fingerprint density at radius 2 is 2.64 bits per heavy atom. The van der Waals surface area contributed by atoms with Crippen LogP contribution in [0, 0.1) is 0 Å². The van der Waals surface area contributed by atoms with E-state index in [4.69, 9.17) is 0 Å². The van der Waals surface area contributed by atoms with E-state index < -0.39 is 5.60 Å². The van der Waals surface area contributed by atoms with Crippen molar-refractivity contribution >= 4 is 11.8 Å². The van der Waals surface area contributed by atoms with Gasteiger partial charge in [-0.3, -0.25) is 0 Å². The molecule has 1 aliphatic rings. The normalized spacial score (nSPS) is 31.0. The van der Waals surface area contributed by atoms with Gasteiger partial charge in [0, 0.05) is 5.75 Å². The molecule has 1 saturated heterocycles. The van der Waals surface area contributed by atoms with Crippen LogP contribution < -0.4 is 0 Å². The first kappa shape index (κ1) is 7.18. The maximum Gasteiger partial charge on any atom is 0.116 e. The molecule has 0 bridgehead atoms. The zero-order chi connectivity index (χ0) is 7.73. The van der Waals surface area contributed by atoms with Gasteiger partial charge in [0.1, 0.15) is 5.60 Å². The lowest BCUT2D eigenvalue weighted by atomic mass is 10.0. The minimum Gasteiger partial charge on any atom is -0.383 e. The van der Waals surface area contributed by atoms with Crippen LogP contribution in [0.3, 0.4) is 0 Å². The van der Waals surface area contributed by atoms with Crippen LogP contribution in [0.2, 0.25) is 0 Å². The highest BCUT2D eigenvalue weighted by atomic mass is 32.2. The highest BCUT2D eigenvalue weighted by molar-refractivity contribution is 7.99. The summed E-state index contributed by atoms with van der Waals surface area (Å²) < 4.78 is 0. The first-order valence-electron chi connectivity index (χ1n) is 3.60. The zero-order valence-electron chi connectivity index (χ0n) is 6.08. The summed E-state index contributed by atoms with van der Waals surface area (Å²) in [7, 11) is 0. The average molecular weight is 170 g/mol. The predicted octanol–water partition coefficient (Wildman–Crippen LogP) is 0.734. The number of thioether (sulfide) groups is 1. The van der Waals surface area contributed by atoms with Crippen molar-refractivity contribution in [1.29, 1.82) is 0 Å². The number of rotatable bonds is 1. The van der Waals surface area contributed by atoms with Crippen molar-refractivity contribution in [3.8, 4) is 0 Å². The van der Waals surface area contributed by atoms with E-state index in [1.807, 2.05) is 0 Å². The van der Waals surface area contributed by atoms with Crippen molar-refractivity contribution in [3.63, 3.8) is 0 Å². The van der Waals surface area contributed by atoms with Crippen molar-refractivity contribution in [2.75, 3.05) is 11.5 Å². The molecule has 1 aromatic heterocycles. The summed E-state index contributed by atoms with van der Waals surface area (Å²) in [5.41, 5.74) is 0.212. The third kappa shape index (κ3) is 1.16. The number of nitrogens with one attached hydrogen (secondary N) is 1. The Kier molecular flexibility index (Phi) is 1.65. The van der Waals surface area contributed by atoms with Crippen molar-refractivity contribution < 1.29 is 5.11 Å². The molecule has 1 atom stereocenters. The fourth-order valence-corrected chi connectivity index (χ4v) is 2.54. The maximum absolute atomic E-state index is 9.96. The summed E-state index contributed by atoms with van der Waals surface area (Å²) in [6, 6.07) is 0. The highest BCUT2D eigenvalue weighted by Crippen LogP contribution is 2.35. The van der Waals surface area contributed by atoms with Gasteiger partial charge >= 0.3 is 0 Å². The molecule has 0 radical (unpaired) electrons. The highest BCUT2D eigenvalue weighted by Gasteiger charge is 2.34. The Bertz CT molecular complexity index is 229. The molecule has 2 N–H and O–H groups in total. The topological polar surface area (TPSA) is 48.9 Å². The summed E-state index contributed by atoms with van der Waals surface area (Å²) in [6.45, 7) is 0. The van der Waals surface area contributed by atoms with Crippen molar-refractivity contribution in [2.45, 2.75) is 12.0 Å². The first-order valence-corrected chi connectivity index (χ1v) is 4.76. The number of hydrogen-bond donors (Lipinski definition) is 2. The van der Waals surface area contributed by atoms with Crippen LogP contribution in [0.1, 0.15) is 12.1 Å². The smallest absolute Gasteiger partial charge is 0.116 e. The van der Waals surface area contributed by atoms with Crippen molar-refractivity contribution in [3.05, 3.63) is 18.2 Å². The molecule has 1 fully saturated rings. The van der Waals surface area contributed by atoms with E-state index in [-0.39, 0.29) is 0 Å². The molecule has 0 spiro atoms. The quantitative estimate of drug-likeness (QED) is 0.653. The third-order valence-corrected chi connectivity index (χ3v) is 3.17. The summed E-state index contributed by atoms with van der Waals surface area (Å²) in [4.78, 5) is 6.83. The van der Waals surface area contributed by atoms with Gasteiger partial charge in [-0.1, -0.05) is 0 Å². The molecule has 1 unspecified atom stereocenters. The van der Waals surface area contributed by atoms with Gasteiger partial charge < -0.3 is 10.1 Å². The molecule has 3 nitrogen and oxygen atoms in total. The fraction of sp³-hybridized carbons (Fsp3) is 0.571. The maximum atomic E-state index is 9.96. The molecule has 0 amide bonds. The van der Waals surface area contributed by atoms with Crippen LogP contribution >= 0.6 is 11.8 Å². The lowest BCUT2D eigenvalue weighted by molar-refractivity contribution is 0.0616. The molecule has 0 aliphatic carbocycles. The lowest BCUT2D eigenvalue weighted by Gasteiger charge is -2.18. The minimum absolute atomic E-state index is 0.638. The second-order valence-electron chi connectivity index (χ2n) is 2.80. The number of aliphatic hydroxyl groups is 1. The second kappa shape index (κ2) is 2.53. The van der Waals surface area contributed by atoms with Crippen LogP contribution in [0.4, 0.5) is 0 Å². The lowest BCUT2D eigenvalue weighted by Crippen LogP contribution is -2.25. The summed E-state index contributed by atoms with van der Waals surface area (Å²) >= 11 is 1.78. The molecule has 0 saturated carbocycles. The molecule has 4 heteroatoms. The van der Waals surface area contributed by atoms with Gasteiger partial charge in [-0.15, -0.1) is 0 Å². The monoisotopic (exact) mass is 170 g/mol. The van der Waals surface area contributed by atoms with Gasteiger partial charge in [0.2, 0.25) is 0 Å². The summed E-state index contributed by atoms with van der Waals surface area (Å²) in [5, 5.41) is 9.96. The number of H-pyrrole nitrogens is 1. The van der Waals surface area contributed by atoms with E-state index in [1.165, 1.54) is 0 Å². The first-order chi connectivity index (χ1) is 5.31. The Balaban J connectivity index is 2.27.